The van der Waals surface area contributed by atoms with Gasteiger partial charge in [-0.05, 0) is 5.69 Å². The Bertz CT molecular complexity index is 507. The molecule has 0 saturated heterocycles. The number of anilines is 1. The van der Waals surface area contributed by atoms with Crippen molar-refractivity contribution < 1.29 is 17.1 Å². The van der Waals surface area contributed by atoms with Crippen LogP contribution in [0.15, 0.2) is 78.9 Å². The van der Waals surface area contributed by atoms with Crippen LogP contribution in [-0.4, -0.2) is 0 Å². The second kappa shape index (κ2) is 7.54. The van der Waals surface area contributed by atoms with Crippen LogP contribution in [0.25, 0.3) is 11.1 Å². The molecule has 0 spiro atoms. The molecule has 0 aromatic heterocycles. The molecule has 0 amide bonds. The predicted molar refractivity (Wildman–Crippen MR) is 73.9 cm³/mol. The largest absolute Gasteiger partial charge is 2.00 e. The van der Waals surface area contributed by atoms with Crippen LogP contribution in [0.1, 0.15) is 0 Å². The Morgan fingerprint density at radius 1 is 0.889 bits per heavy atom. The molecule has 2 N–H and O–H groups in total. The van der Waals surface area contributed by atoms with Crippen LogP contribution in [0.5, 0.6) is 0 Å². The maximum Gasteiger partial charge on any atom is 2.00 e. The van der Waals surface area contributed by atoms with E-state index in [0.29, 0.717) is 0 Å². The summed E-state index contributed by atoms with van der Waals surface area (Å²) in [5.41, 5.74) is 8.88. The summed E-state index contributed by atoms with van der Waals surface area (Å²) < 4.78 is 0. The molecular weight excluding hydrogens is 262 g/mol. The van der Waals surface area contributed by atoms with Crippen molar-refractivity contribution in [3.8, 4) is 11.1 Å². The first-order chi connectivity index (χ1) is 8.36. The number of benzene rings is 1. The van der Waals surface area contributed by atoms with Gasteiger partial charge >= 0.3 is 17.1 Å². The normalized spacial score (nSPS) is 8.89. The molecule has 2 heteroatoms. The van der Waals surface area contributed by atoms with Crippen LogP contribution in [0.4, 0.5) is 5.69 Å². The fraction of sp³-hybridized carbons (Fsp3) is 0. The Hall–Kier alpha value is -1.76. The van der Waals surface area contributed by atoms with Crippen LogP contribution < -0.4 is 5.73 Å². The fourth-order valence-corrected chi connectivity index (χ4v) is 1.61. The van der Waals surface area contributed by atoms with Crippen molar-refractivity contribution in [2.24, 2.45) is 0 Å². The first-order valence-electron chi connectivity index (χ1n) is 5.60. The fourth-order valence-electron chi connectivity index (χ4n) is 1.61. The summed E-state index contributed by atoms with van der Waals surface area (Å²) in [6, 6.07) is 26.1. The van der Waals surface area contributed by atoms with E-state index >= 15 is 0 Å². The van der Waals surface area contributed by atoms with Gasteiger partial charge in [-0.2, -0.15) is 30.3 Å². The molecule has 92 valence electrons. The second-order valence-electron chi connectivity index (χ2n) is 3.76. The van der Waals surface area contributed by atoms with E-state index in [-0.39, 0.29) is 17.1 Å². The average molecular weight is 277 g/mol. The summed E-state index contributed by atoms with van der Waals surface area (Å²) in [7, 11) is 0. The van der Waals surface area contributed by atoms with E-state index in [1.807, 2.05) is 60.7 Å². The van der Waals surface area contributed by atoms with Gasteiger partial charge in [-0.1, -0.05) is 23.8 Å². The first kappa shape index (κ1) is 14.3. The van der Waals surface area contributed by atoms with E-state index in [9.17, 15) is 0 Å². The molecule has 0 radical (unpaired) electrons. The zero-order valence-corrected chi connectivity index (χ0v) is 11.0. The Kier molecular flexibility index (Phi) is 5.99. The topological polar surface area (TPSA) is 26.0 Å². The molecule has 18 heavy (non-hydrogen) atoms. The van der Waals surface area contributed by atoms with Crippen molar-refractivity contribution in [2.45, 2.75) is 0 Å². The summed E-state index contributed by atoms with van der Waals surface area (Å²) in [6.07, 6.45) is 0. The van der Waals surface area contributed by atoms with E-state index in [4.69, 9.17) is 5.73 Å². The molecule has 0 aliphatic rings. The van der Waals surface area contributed by atoms with Crippen molar-refractivity contribution >= 4 is 5.69 Å². The molecule has 3 aromatic rings. The first-order valence-corrected chi connectivity index (χ1v) is 5.60. The molecule has 0 heterocycles. The van der Waals surface area contributed by atoms with Crippen molar-refractivity contribution in [3.63, 3.8) is 0 Å². The van der Waals surface area contributed by atoms with Gasteiger partial charge in [-0.25, -0.2) is 12.1 Å². The molecule has 0 fully saturated rings. The van der Waals surface area contributed by atoms with Crippen LogP contribution in [0, 0.1) is 0 Å². The van der Waals surface area contributed by atoms with Crippen molar-refractivity contribution in [1.29, 1.82) is 0 Å². The molecule has 0 atom stereocenters. The van der Waals surface area contributed by atoms with Crippen molar-refractivity contribution in [3.05, 3.63) is 78.9 Å². The van der Waals surface area contributed by atoms with Gasteiger partial charge in [0.2, 0.25) is 0 Å². The summed E-state index contributed by atoms with van der Waals surface area (Å²) in [5.74, 6) is 0. The molecule has 0 saturated carbocycles. The third-order valence-corrected chi connectivity index (χ3v) is 2.44. The molecule has 0 aliphatic carbocycles. The summed E-state index contributed by atoms with van der Waals surface area (Å²) >= 11 is 0. The number of nitrogens with two attached hydrogens (primary N) is 1. The minimum Gasteiger partial charge on any atom is -0.405 e. The SMILES string of the molecule is Nc1cccc(-[c-]2cccc2)c1.[Fe+2].c1cc[cH-]c1. The molecule has 0 unspecified atom stereocenters. The summed E-state index contributed by atoms with van der Waals surface area (Å²) in [6.45, 7) is 0. The van der Waals surface area contributed by atoms with Crippen molar-refractivity contribution in [2.75, 3.05) is 5.73 Å². The van der Waals surface area contributed by atoms with E-state index in [1.165, 1.54) is 11.1 Å². The Morgan fingerprint density at radius 2 is 1.56 bits per heavy atom. The molecular formula is C16H15FeN. The van der Waals surface area contributed by atoms with Gasteiger partial charge in [-0.3, -0.25) is 0 Å². The minimum atomic E-state index is 0. The summed E-state index contributed by atoms with van der Waals surface area (Å²) in [5, 5.41) is 0. The number of hydrogen-bond acceptors (Lipinski definition) is 1. The van der Waals surface area contributed by atoms with E-state index < -0.39 is 0 Å². The van der Waals surface area contributed by atoms with Crippen LogP contribution in [-0.2, 0) is 17.1 Å². The monoisotopic (exact) mass is 277 g/mol. The van der Waals surface area contributed by atoms with Gasteiger partial charge in [0.25, 0.3) is 0 Å². The summed E-state index contributed by atoms with van der Waals surface area (Å²) in [4.78, 5) is 0. The maximum absolute atomic E-state index is 5.66. The van der Waals surface area contributed by atoms with E-state index in [2.05, 4.69) is 18.2 Å². The van der Waals surface area contributed by atoms with Gasteiger partial charge in [-0.15, -0.1) is 23.8 Å². The van der Waals surface area contributed by atoms with Crippen LogP contribution >= 0.6 is 0 Å². The van der Waals surface area contributed by atoms with Gasteiger partial charge < -0.3 is 5.73 Å². The maximum atomic E-state index is 5.66. The second-order valence-corrected chi connectivity index (χ2v) is 3.76. The molecule has 0 bridgehead atoms. The average Bonchev–Trinajstić information content (AvgIpc) is 3.06. The van der Waals surface area contributed by atoms with Crippen LogP contribution in [0.3, 0.4) is 0 Å². The predicted octanol–water partition coefficient (Wildman–Crippen LogP) is 4.06. The zero-order chi connectivity index (χ0) is 11.9. The molecule has 3 aromatic carbocycles. The van der Waals surface area contributed by atoms with E-state index in [0.717, 1.165) is 5.69 Å². The minimum absolute atomic E-state index is 0. The third kappa shape index (κ3) is 4.25. The molecule has 0 aliphatic heterocycles. The molecule has 1 nitrogen and oxygen atoms in total. The van der Waals surface area contributed by atoms with Gasteiger partial charge in [0.05, 0.1) is 0 Å². The quantitative estimate of drug-likeness (QED) is 0.405. The van der Waals surface area contributed by atoms with Crippen molar-refractivity contribution in [1.82, 2.24) is 0 Å². The standard InChI is InChI=1S/C11H10N.C5H5.Fe/c12-11-7-3-6-10(8-11)9-4-1-2-5-9;1-2-4-5-3-1;/h1-8H,12H2;1-5H;/q2*-1;+2. The van der Waals surface area contributed by atoms with Gasteiger partial charge in [0, 0.05) is 0 Å². The molecule has 3 rings (SSSR count). The third-order valence-electron chi connectivity index (χ3n) is 2.44. The Morgan fingerprint density at radius 3 is 2.06 bits per heavy atom. The Labute approximate surface area is 118 Å². The van der Waals surface area contributed by atoms with Gasteiger partial charge in [0.1, 0.15) is 0 Å². The smallest absolute Gasteiger partial charge is 0.405 e. The van der Waals surface area contributed by atoms with Crippen LogP contribution in [0.2, 0.25) is 0 Å². The zero-order valence-electron chi connectivity index (χ0n) is 9.94. The van der Waals surface area contributed by atoms with Gasteiger partial charge in [0.15, 0.2) is 0 Å². The number of nitrogen functional groups attached to an aromatic ring is 1. The number of rotatable bonds is 1. The Balaban J connectivity index is 0.000000230. The van der Waals surface area contributed by atoms with E-state index in [1.54, 1.807) is 0 Å². The number of hydrogen-bond donors (Lipinski definition) is 1.